The molecule has 0 N–H and O–H groups in total. The molecular formula is C12H20N2O3S. The van der Waals surface area contributed by atoms with Gasteiger partial charge in [-0.05, 0) is 25.2 Å². The Bertz CT molecular complexity index is 417. The van der Waals surface area contributed by atoms with Crippen molar-refractivity contribution in [1.29, 1.82) is 5.26 Å². The van der Waals surface area contributed by atoms with Crippen molar-refractivity contribution < 1.29 is 13.2 Å². The first-order chi connectivity index (χ1) is 8.44. The molecule has 0 bridgehead atoms. The Labute approximate surface area is 109 Å². The number of rotatable bonds is 5. The fourth-order valence-corrected chi connectivity index (χ4v) is 3.27. The van der Waals surface area contributed by atoms with E-state index >= 15 is 0 Å². The van der Waals surface area contributed by atoms with E-state index in [2.05, 4.69) is 6.92 Å². The van der Waals surface area contributed by atoms with Crippen molar-refractivity contribution in [2.75, 3.05) is 24.6 Å². The Morgan fingerprint density at radius 3 is 2.56 bits per heavy atom. The molecule has 102 valence electrons. The van der Waals surface area contributed by atoms with Gasteiger partial charge in [0.05, 0.1) is 11.8 Å². The molecule has 1 aliphatic heterocycles. The van der Waals surface area contributed by atoms with Crippen LogP contribution in [-0.4, -0.2) is 43.8 Å². The van der Waals surface area contributed by atoms with Gasteiger partial charge >= 0.3 is 0 Å². The number of piperidine rings is 1. The van der Waals surface area contributed by atoms with Gasteiger partial charge in [-0.1, -0.05) is 6.92 Å². The summed E-state index contributed by atoms with van der Waals surface area (Å²) in [6, 6.07) is 1.90. The monoisotopic (exact) mass is 272 g/mol. The molecule has 0 aromatic carbocycles. The van der Waals surface area contributed by atoms with Crippen LogP contribution in [0, 0.1) is 17.2 Å². The van der Waals surface area contributed by atoms with E-state index in [-0.39, 0.29) is 18.1 Å². The summed E-state index contributed by atoms with van der Waals surface area (Å²) in [5, 5.41) is 8.35. The smallest absolute Gasteiger partial charge is 0.237 e. The standard InChI is InChI=1S/C12H20N2O3S/c1-11-4-7-14(8-5-11)12(15)10-18(16,17)9-3-2-6-13/h11H,2-5,7-10H2,1H3. The molecule has 0 aromatic rings. The predicted octanol–water partition coefficient (Wildman–Crippen LogP) is 0.963. The molecule has 0 saturated carbocycles. The van der Waals surface area contributed by atoms with Crippen molar-refractivity contribution in [2.24, 2.45) is 5.92 Å². The number of hydrogen-bond donors (Lipinski definition) is 0. The SMILES string of the molecule is CC1CCN(C(=O)CS(=O)(=O)CCCC#N)CC1. The molecule has 0 aromatic heterocycles. The second-order valence-corrected chi connectivity index (χ2v) is 7.10. The number of nitriles is 1. The molecule has 1 rings (SSSR count). The molecule has 1 fully saturated rings. The van der Waals surface area contributed by atoms with E-state index in [0.29, 0.717) is 25.4 Å². The summed E-state index contributed by atoms with van der Waals surface area (Å²) in [7, 11) is -3.36. The van der Waals surface area contributed by atoms with Crippen LogP contribution in [0.15, 0.2) is 0 Å². The van der Waals surface area contributed by atoms with Gasteiger partial charge in [-0.3, -0.25) is 4.79 Å². The normalized spacial score (nSPS) is 17.4. The molecule has 1 saturated heterocycles. The van der Waals surface area contributed by atoms with Crippen LogP contribution in [0.25, 0.3) is 0 Å². The molecule has 0 atom stereocenters. The maximum absolute atomic E-state index is 11.8. The van der Waals surface area contributed by atoms with Crippen molar-refractivity contribution in [2.45, 2.75) is 32.6 Å². The predicted molar refractivity (Wildman–Crippen MR) is 68.5 cm³/mol. The molecule has 5 nitrogen and oxygen atoms in total. The highest BCUT2D eigenvalue weighted by atomic mass is 32.2. The van der Waals surface area contributed by atoms with Gasteiger partial charge in [0.25, 0.3) is 0 Å². The summed E-state index contributed by atoms with van der Waals surface area (Å²) >= 11 is 0. The topological polar surface area (TPSA) is 78.2 Å². The molecule has 0 radical (unpaired) electrons. The molecular weight excluding hydrogens is 252 g/mol. The van der Waals surface area contributed by atoms with Crippen molar-refractivity contribution in [3.8, 4) is 6.07 Å². The van der Waals surface area contributed by atoms with Gasteiger partial charge in [-0.15, -0.1) is 0 Å². The van der Waals surface area contributed by atoms with Gasteiger partial charge in [-0.25, -0.2) is 8.42 Å². The second kappa shape index (κ2) is 6.74. The van der Waals surface area contributed by atoms with Crippen LogP contribution in [0.1, 0.15) is 32.6 Å². The third kappa shape index (κ3) is 5.05. The Hall–Kier alpha value is -1.09. The van der Waals surface area contributed by atoms with E-state index in [1.54, 1.807) is 4.90 Å². The van der Waals surface area contributed by atoms with Crippen LogP contribution in [0.4, 0.5) is 0 Å². The van der Waals surface area contributed by atoms with Gasteiger partial charge in [0.2, 0.25) is 5.91 Å². The minimum atomic E-state index is -3.36. The first-order valence-electron chi connectivity index (χ1n) is 6.30. The van der Waals surface area contributed by atoms with Crippen molar-refractivity contribution >= 4 is 15.7 Å². The largest absolute Gasteiger partial charge is 0.342 e. The van der Waals surface area contributed by atoms with E-state index in [0.717, 1.165) is 12.8 Å². The zero-order chi connectivity index (χ0) is 13.6. The lowest BCUT2D eigenvalue weighted by molar-refractivity contribution is -0.129. The van der Waals surface area contributed by atoms with E-state index in [9.17, 15) is 13.2 Å². The Morgan fingerprint density at radius 2 is 2.00 bits per heavy atom. The second-order valence-electron chi connectivity index (χ2n) is 4.92. The van der Waals surface area contributed by atoms with Crippen LogP contribution in [-0.2, 0) is 14.6 Å². The van der Waals surface area contributed by atoms with Crippen LogP contribution in [0.2, 0.25) is 0 Å². The minimum Gasteiger partial charge on any atom is -0.342 e. The molecule has 0 aliphatic carbocycles. The summed E-state index contributed by atoms with van der Waals surface area (Å²) in [5.41, 5.74) is 0. The number of likely N-dealkylation sites (tertiary alicyclic amines) is 1. The molecule has 6 heteroatoms. The van der Waals surface area contributed by atoms with Crippen LogP contribution < -0.4 is 0 Å². The number of amides is 1. The van der Waals surface area contributed by atoms with Crippen molar-refractivity contribution in [3.63, 3.8) is 0 Å². The number of sulfone groups is 1. The Balaban J connectivity index is 2.41. The molecule has 1 amide bonds. The summed E-state index contributed by atoms with van der Waals surface area (Å²) in [6.07, 6.45) is 2.41. The fourth-order valence-electron chi connectivity index (χ4n) is 1.98. The Morgan fingerprint density at radius 1 is 1.39 bits per heavy atom. The highest BCUT2D eigenvalue weighted by Crippen LogP contribution is 2.16. The van der Waals surface area contributed by atoms with Gasteiger partial charge in [0.15, 0.2) is 9.84 Å². The Kier molecular flexibility index (Phi) is 5.60. The molecule has 1 aliphatic rings. The fraction of sp³-hybridized carbons (Fsp3) is 0.833. The number of hydrogen-bond acceptors (Lipinski definition) is 4. The van der Waals surface area contributed by atoms with Crippen LogP contribution in [0.3, 0.4) is 0 Å². The van der Waals surface area contributed by atoms with E-state index in [1.807, 2.05) is 6.07 Å². The lowest BCUT2D eigenvalue weighted by Crippen LogP contribution is -2.41. The zero-order valence-electron chi connectivity index (χ0n) is 10.8. The first kappa shape index (κ1) is 15.0. The third-order valence-corrected chi connectivity index (χ3v) is 4.82. The van der Waals surface area contributed by atoms with Gasteiger partial charge < -0.3 is 4.90 Å². The van der Waals surface area contributed by atoms with E-state index < -0.39 is 15.6 Å². The van der Waals surface area contributed by atoms with Crippen LogP contribution in [0.5, 0.6) is 0 Å². The lowest BCUT2D eigenvalue weighted by Gasteiger charge is -2.30. The van der Waals surface area contributed by atoms with E-state index in [4.69, 9.17) is 5.26 Å². The molecule has 18 heavy (non-hydrogen) atoms. The summed E-state index contributed by atoms with van der Waals surface area (Å²) in [6.45, 7) is 3.46. The third-order valence-electron chi connectivity index (χ3n) is 3.22. The highest BCUT2D eigenvalue weighted by Gasteiger charge is 2.24. The molecule has 0 spiro atoms. The number of carbonyl (C=O) groups is 1. The average Bonchev–Trinajstić information content (AvgIpc) is 2.29. The summed E-state index contributed by atoms with van der Waals surface area (Å²) in [4.78, 5) is 13.5. The quantitative estimate of drug-likeness (QED) is 0.698. The zero-order valence-corrected chi connectivity index (χ0v) is 11.6. The number of nitrogens with zero attached hydrogens (tertiary/aromatic N) is 2. The number of carbonyl (C=O) groups excluding carboxylic acids is 1. The molecule has 0 unspecified atom stereocenters. The van der Waals surface area contributed by atoms with Gasteiger partial charge in [0.1, 0.15) is 5.75 Å². The lowest BCUT2D eigenvalue weighted by atomic mass is 9.99. The maximum atomic E-state index is 11.8. The van der Waals surface area contributed by atoms with Gasteiger partial charge in [-0.2, -0.15) is 5.26 Å². The molecule has 1 heterocycles. The van der Waals surface area contributed by atoms with Crippen LogP contribution >= 0.6 is 0 Å². The van der Waals surface area contributed by atoms with Crippen molar-refractivity contribution in [1.82, 2.24) is 4.90 Å². The van der Waals surface area contributed by atoms with Gasteiger partial charge in [0, 0.05) is 19.5 Å². The summed E-state index contributed by atoms with van der Waals surface area (Å²) in [5.74, 6) is -0.163. The first-order valence-corrected chi connectivity index (χ1v) is 8.12. The summed E-state index contributed by atoms with van der Waals surface area (Å²) < 4.78 is 23.3. The number of unbranched alkanes of at least 4 members (excludes halogenated alkanes) is 1. The maximum Gasteiger partial charge on any atom is 0.237 e. The van der Waals surface area contributed by atoms with Crippen molar-refractivity contribution in [3.05, 3.63) is 0 Å². The van der Waals surface area contributed by atoms with E-state index in [1.165, 1.54) is 0 Å². The average molecular weight is 272 g/mol. The highest BCUT2D eigenvalue weighted by molar-refractivity contribution is 7.92. The minimum absolute atomic E-state index is 0.0729.